The lowest BCUT2D eigenvalue weighted by Crippen LogP contribution is -2.06. The van der Waals surface area contributed by atoms with Gasteiger partial charge in [0.1, 0.15) is 0 Å². The second-order valence-electron chi connectivity index (χ2n) is 5.77. The highest BCUT2D eigenvalue weighted by atomic mass is 16.3. The van der Waals surface area contributed by atoms with E-state index in [0.717, 1.165) is 18.4 Å². The van der Waals surface area contributed by atoms with E-state index in [2.05, 4.69) is 46.8 Å². The molecule has 0 heterocycles. The maximum atomic E-state index is 9.96. The van der Waals surface area contributed by atoms with E-state index in [9.17, 15) is 5.11 Å². The van der Waals surface area contributed by atoms with Crippen LogP contribution >= 0.6 is 0 Å². The van der Waals surface area contributed by atoms with Gasteiger partial charge in [-0.05, 0) is 53.9 Å². The zero-order valence-electron chi connectivity index (χ0n) is 12.5. The van der Waals surface area contributed by atoms with Gasteiger partial charge in [-0.25, -0.2) is 0 Å². The van der Waals surface area contributed by atoms with Crippen LogP contribution in [-0.4, -0.2) is 5.11 Å². The van der Waals surface area contributed by atoms with Crippen molar-refractivity contribution in [1.82, 2.24) is 0 Å². The third-order valence-corrected chi connectivity index (χ3v) is 3.49. The molecular weight excluding hydrogens is 220 g/mol. The standard InChI is InChI=1S/C17H27O/c1-7-8-14-9-17(13(6)18)16(12(4)5)10-15(14)11(2)3/h9-13,18H,1,7-8H2,2-6H3. The molecule has 0 saturated heterocycles. The molecule has 0 amide bonds. The summed E-state index contributed by atoms with van der Waals surface area (Å²) in [6.45, 7) is 14.6. The van der Waals surface area contributed by atoms with Crippen LogP contribution in [0.15, 0.2) is 12.1 Å². The van der Waals surface area contributed by atoms with Gasteiger partial charge in [-0.15, -0.1) is 0 Å². The first kappa shape index (κ1) is 15.2. The van der Waals surface area contributed by atoms with Crippen LogP contribution in [0.4, 0.5) is 0 Å². The molecule has 1 heteroatoms. The van der Waals surface area contributed by atoms with Gasteiger partial charge in [-0.3, -0.25) is 0 Å². The molecule has 0 saturated carbocycles. The molecule has 1 unspecified atom stereocenters. The summed E-state index contributed by atoms with van der Waals surface area (Å²) in [5.74, 6) is 0.966. The predicted molar refractivity (Wildman–Crippen MR) is 78.9 cm³/mol. The second-order valence-corrected chi connectivity index (χ2v) is 5.77. The highest BCUT2D eigenvalue weighted by Crippen LogP contribution is 2.32. The Labute approximate surface area is 112 Å². The fourth-order valence-corrected chi connectivity index (χ4v) is 2.50. The summed E-state index contributed by atoms with van der Waals surface area (Å²) in [5, 5.41) is 9.96. The van der Waals surface area contributed by atoms with Crippen LogP contribution in [0, 0.1) is 6.92 Å². The summed E-state index contributed by atoms with van der Waals surface area (Å²) in [4.78, 5) is 0. The fraction of sp³-hybridized carbons (Fsp3) is 0.588. The lowest BCUT2D eigenvalue weighted by atomic mass is 9.85. The molecule has 0 aliphatic rings. The van der Waals surface area contributed by atoms with Crippen LogP contribution in [0.1, 0.15) is 81.2 Å². The lowest BCUT2D eigenvalue weighted by molar-refractivity contribution is 0.197. The number of aliphatic hydroxyl groups excluding tert-OH is 1. The SMILES string of the molecule is [CH2]CCc1cc(C(C)O)c(C(C)C)cc1C(C)C. The molecule has 1 N–H and O–H groups in total. The number of rotatable bonds is 5. The molecule has 0 bridgehead atoms. The molecule has 1 atom stereocenters. The van der Waals surface area contributed by atoms with Gasteiger partial charge in [0.15, 0.2) is 0 Å². The van der Waals surface area contributed by atoms with Gasteiger partial charge in [-0.1, -0.05) is 46.8 Å². The summed E-state index contributed by atoms with van der Waals surface area (Å²) in [6.07, 6.45) is 1.50. The Morgan fingerprint density at radius 2 is 1.50 bits per heavy atom. The van der Waals surface area contributed by atoms with Crippen LogP contribution in [-0.2, 0) is 6.42 Å². The van der Waals surface area contributed by atoms with Crippen LogP contribution in [0.2, 0.25) is 0 Å². The number of benzene rings is 1. The molecule has 1 radical (unpaired) electrons. The Kier molecular flexibility index (Phi) is 5.40. The van der Waals surface area contributed by atoms with Crippen molar-refractivity contribution in [2.75, 3.05) is 0 Å². The number of aliphatic hydroxyl groups is 1. The summed E-state index contributed by atoms with van der Waals surface area (Å²) in [7, 11) is 0. The van der Waals surface area contributed by atoms with Crippen molar-refractivity contribution in [2.24, 2.45) is 0 Å². The van der Waals surface area contributed by atoms with Crippen LogP contribution in [0.3, 0.4) is 0 Å². The van der Waals surface area contributed by atoms with Crippen molar-refractivity contribution < 1.29 is 5.11 Å². The normalized spacial score (nSPS) is 13.4. The average molecular weight is 247 g/mol. The average Bonchev–Trinajstić information content (AvgIpc) is 2.28. The minimum atomic E-state index is -0.396. The van der Waals surface area contributed by atoms with Crippen molar-refractivity contribution in [3.05, 3.63) is 41.3 Å². The highest BCUT2D eigenvalue weighted by molar-refractivity contribution is 5.42. The number of hydrogen-bond acceptors (Lipinski definition) is 1. The lowest BCUT2D eigenvalue weighted by Gasteiger charge is -2.21. The smallest absolute Gasteiger partial charge is 0.0764 e. The quantitative estimate of drug-likeness (QED) is 0.796. The summed E-state index contributed by atoms with van der Waals surface area (Å²) >= 11 is 0. The van der Waals surface area contributed by atoms with Gasteiger partial charge >= 0.3 is 0 Å². The minimum Gasteiger partial charge on any atom is -0.389 e. The van der Waals surface area contributed by atoms with E-state index in [0.29, 0.717) is 11.8 Å². The number of aryl methyl sites for hydroxylation is 1. The van der Waals surface area contributed by atoms with E-state index in [1.165, 1.54) is 16.7 Å². The van der Waals surface area contributed by atoms with Crippen molar-refractivity contribution in [3.63, 3.8) is 0 Å². The molecule has 1 nitrogen and oxygen atoms in total. The van der Waals surface area contributed by atoms with E-state index in [1.54, 1.807) is 0 Å². The van der Waals surface area contributed by atoms with Gasteiger partial charge in [-0.2, -0.15) is 0 Å². The molecule has 101 valence electrons. The van der Waals surface area contributed by atoms with Gasteiger partial charge < -0.3 is 5.11 Å². The Morgan fingerprint density at radius 1 is 0.944 bits per heavy atom. The maximum absolute atomic E-state index is 9.96. The maximum Gasteiger partial charge on any atom is 0.0764 e. The number of hydrogen-bond donors (Lipinski definition) is 1. The molecule has 18 heavy (non-hydrogen) atoms. The summed E-state index contributed by atoms with van der Waals surface area (Å²) in [6, 6.07) is 4.49. The fourth-order valence-electron chi connectivity index (χ4n) is 2.50. The first-order valence-corrected chi connectivity index (χ1v) is 7.02. The van der Waals surface area contributed by atoms with Crippen LogP contribution in [0.5, 0.6) is 0 Å². The third kappa shape index (κ3) is 3.35. The Morgan fingerprint density at radius 3 is 1.89 bits per heavy atom. The van der Waals surface area contributed by atoms with E-state index in [4.69, 9.17) is 0 Å². The molecular formula is C17H27O. The summed E-state index contributed by atoms with van der Waals surface area (Å²) < 4.78 is 0. The topological polar surface area (TPSA) is 20.2 Å². The van der Waals surface area contributed by atoms with Crippen LogP contribution < -0.4 is 0 Å². The Hall–Kier alpha value is -0.820. The van der Waals surface area contributed by atoms with Gasteiger partial charge in [0.25, 0.3) is 0 Å². The van der Waals surface area contributed by atoms with Crippen LogP contribution in [0.25, 0.3) is 0 Å². The van der Waals surface area contributed by atoms with Gasteiger partial charge in [0, 0.05) is 0 Å². The molecule has 1 aromatic carbocycles. The molecule has 0 aliphatic heterocycles. The van der Waals surface area contributed by atoms with E-state index in [-0.39, 0.29) is 0 Å². The molecule has 1 aromatic rings. The van der Waals surface area contributed by atoms with E-state index >= 15 is 0 Å². The van der Waals surface area contributed by atoms with Crippen molar-refractivity contribution in [3.8, 4) is 0 Å². The van der Waals surface area contributed by atoms with Gasteiger partial charge in [0.05, 0.1) is 6.10 Å². The predicted octanol–water partition coefficient (Wildman–Crippen LogP) is 4.75. The molecule has 0 aromatic heterocycles. The zero-order chi connectivity index (χ0) is 13.9. The zero-order valence-corrected chi connectivity index (χ0v) is 12.5. The monoisotopic (exact) mass is 247 g/mol. The first-order chi connectivity index (χ1) is 8.38. The minimum absolute atomic E-state index is 0.396. The molecule has 0 fully saturated rings. The summed E-state index contributed by atoms with van der Waals surface area (Å²) in [5.41, 5.74) is 5.12. The molecule has 1 rings (SSSR count). The van der Waals surface area contributed by atoms with E-state index in [1.807, 2.05) is 6.92 Å². The largest absolute Gasteiger partial charge is 0.389 e. The van der Waals surface area contributed by atoms with Crippen molar-refractivity contribution in [2.45, 2.75) is 65.4 Å². The molecule has 0 aliphatic carbocycles. The second kappa shape index (κ2) is 6.38. The Balaban J connectivity index is 3.40. The first-order valence-electron chi connectivity index (χ1n) is 7.02. The van der Waals surface area contributed by atoms with Crippen molar-refractivity contribution in [1.29, 1.82) is 0 Å². The van der Waals surface area contributed by atoms with Gasteiger partial charge in [0.2, 0.25) is 0 Å². The Bertz CT molecular complexity index is 389. The molecule has 0 spiro atoms. The van der Waals surface area contributed by atoms with Crippen molar-refractivity contribution >= 4 is 0 Å². The third-order valence-electron chi connectivity index (χ3n) is 3.49. The van der Waals surface area contributed by atoms with E-state index < -0.39 is 6.10 Å². The highest BCUT2D eigenvalue weighted by Gasteiger charge is 2.16.